The highest BCUT2D eigenvalue weighted by Crippen LogP contribution is 2.42. The van der Waals surface area contributed by atoms with Crippen molar-refractivity contribution in [1.82, 2.24) is 25.0 Å². The lowest BCUT2D eigenvalue weighted by atomic mass is 9.70. The van der Waals surface area contributed by atoms with Crippen molar-refractivity contribution in [2.24, 2.45) is 18.7 Å². The number of amides is 2. The van der Waals surface area contributed by atoms with E-state index in [1.54, 1.807) is 11.0 Å². The van der Waals surface area contributed by atoms with Crippen LogP contribution in [-0.2, 0) is 13.5 Å². The zero-order valence-electron chi connectivity index (χ0n) is 11.2. The van der Waals surface area contributed by atoms with Crippen LogP contribution < -0.4 is 11.1 Å². The Morgan fingerprint density at radius 2 is 2.53 bits per heavy atom. The fourth-order valence-corrected chi connectivity index (χ4v) is 2.93. The number of aryl methyl sites for hydroxylation is 1. The third kappa shape index (κ3) is 2.30. The van der Waals surface area contributed by atoms with Crippen molar-refractivity contribution < 1.29 is 4.79 Å². The van der Waals surface area contributed by atoms with Crippen molar-refractivity contribution in [1.29, 1.82) is 0 Å². The third-order valence-electron chi connectivity index (χ3n) is 4.26. The van der Waals surface area contributed by atoms with Crippen LogP contribution in [-0.4, -0.2) is 50.9 Å². The number of aromatic nitrogens is 3. The van der Waals surface area contributed by atoms with Gasteiger partial charge in [-0.3, -0.25) is 4.68 Å². The molecule has 0 unspecified atom stereocenters. The molecule has 1 aliphatic heterocycles. The molecular weight excluding hydrogens is 244 g/mol. The van der Waals surface area contributed by atoms with Gasteiger partial charge in [0.2, 0.25) is 0 Å². The van der Waals surface area contributed by atoms with Crippen molar-refractivity contribution >= 4 is 6.03 Å². The average Bonchev–Trinajstić information content (AvgIpc) is 2.86. The molecule has 2 heterocycles. The molecule has 1 saturated carbocycles. The molecule has 0 bridgehead atoms. The summed E-state index contributed by atoms with van der Waals surface area (Å²) in [5.74, 6) is 1.25. The molecule has 1 aliphatic carbocycles. The Bertz CT molecular complexity index is 486. The molecule has 2 aliphatic rings. The number of fused-ring (bicyclic) bond motifs is 1. The summed E-state index contributed by atoms with van der Waals surface area (Å²) in [6.07, 6.45) is 4.50. The molecule has 1 saturated heterocycles. The first-order valence-corrected chi connectivity index (χ1v) is 6.73. The summed E-state index contributed by atoms with van der Waals surface area (Å²) in [4.78, 5) is 18.0. The largest absolute Gasteiger partial charge is 0.338 e. The van der Waals surface area contributed by atoms with E-state index in [0.29, 0.717) is 25.4 Å². The Labute approximate surface area is 112 Å². The summed E-state index contributed by atoms with van der Waals surface area (Å²) < 4.78 is 1.66. The summed E-state index contributed by atoms with van der Waals surface area (Å²) in [6, 6.07) is -0.0184. The summed E-state index contributed by atoms with van der Waals surface area (Å²) in [6.45, 7) is 2.04. The SMILES string of the molecule is Cn1cnc(CCNC(=O)N2C[C@@H]3CC[C@]3(N)C2)n1. The van der Waals surface area contributed by atoms with E-state index in [1.165, 1.54) is 0 Å². The van der Waals surface area contributed by atoms with Crippen LogP contribution in [0.25, 0.3) is 0 Å². The molecule has 104 valence electrons. The van der Waals surface area contributed by atoms with Crippen LogP contribution in [0, 0.1) is 5.92 Å². The van der Waals surface area contributed by atoms with Crippen LogP contribution in [0.2, 0.25) is 0 Å². The number of nitrogens with two attached hydrogens (primary N) is 1. The molecule has 3 N–H and O–H groups in total. The minimum Gasteiger partial charge on any atom is -0.338 e. The maximum absolute atomic E-state index is 12.0. The van der Waals surface area contributed by atoms with Gasteiger partial charge in [0, 0.05) is 38.6 Å². The minimum absolute atomic E-state index is 0.0184. The van der Waals surface area contributed by atoms with E-state index in [0.717, 1.165) is 25.2 Å². The van der Waals surface area contributed by atoms with E-state index in [2.05, 4.69) is 15.4 Å². The van der Waals surface area contributed by atoms with Crippen LogP contribution >= 0.6 is 0 Å². The van der Waals surface area contributed by atoms with Gasteiger partial charge in [-0.1, -0.05) is 0 Å². The van der Waals surface area contributed by atoms with Gasteiger partial charge in [-0.25, -0.2) is 9.78 Å². The van der Waals surface area contributed by atoms with E-state index in [9.17, 15) is 4.79 Å². The van der Waals surface area contributed by atoms with Gasteiger partial charge < -0.3 is 16.0 Å². The normalized spacial score (nSPS) is 28.9. The van der Waals surface area contributed by atoms with Gasteiger partial charge in [-0.2, -0.15) is 5.10 Å². The van der Waals surface area contributed by atoms with Crippen LogP contribution in [0.15, 0.2) is 6.33 Å². The molecule has 0 radical (unpaired) electrons. The van der Waals surface area contributed by atoms with Gasteiger partial charge in [-0.05, 0) is 18.8 Å². The van der Waals surface area contributed by atoms with E-state index in [-0.39, 0.29) is 11.6 Å². The van der Waals surface area contributed by atoms with E-state index in [4.69, 9.17) is 5.73 Å². The number of rotatable bonds is 3. The number of nitrogens with one attached hydrogen (secondary N) is 1. The smallest absolute Gasteiger partial charge is 0.317 e. The van der Waals surface area contributed by atoms with Gasteiger partial charge in [0.15, 0.2) is 5.82 Å². The van der Waals surface area contributed by atoms with Crippen molar-refractivity contribution in [2.45, 2.75) is 24.8 Å². The van der Waals surface area contributed by atoms with E-state index in [1.807, 2.05) is 11.9 Å². The van der Waals surface area contributed by atoms with Gasteiger partial charge in [0.05, 0.1) is 0 Å². The molecule has 0 spiro atoms. The fourth-order valence-electron chi connectivity index (χ4n) is 2.93. The number of carbonyl (C=O) groups is 1. The van der Waals surface area contributed by atoms with Crippen LogP contribution in [0.5, 0.6) is 0 Å². The lowest BCUT2D eigenvalue weighted by Crippen LogP contribution is -2.55. The Morgan fingerprint density at radius 1 is 1.68 bits per heavy atom. The zero-order chi connectivity index (χ0) is 13.5. The number of nitrogens with zero attached hydrogens (tertiary/aromatic N) is 4. The van der Waals surface area contributed by atoms with Gasteiger partial charge >= 0.3 is 6.03 Å². The molecule has 19 heavy (non-hydrogen) atoms. The highest BCUT2D eigenvalue weighted by Gasteiger charge is 2.51. The summed E-state index contributed by atoms with van der Waals surface area (Å²) in [7, 11) is 1.83. The predicted molar refractivity (Wildman–Crippen MR) is 69.3 cm³/mol. The second kappa shape index (κ2) is 4.48. The Hall–Kier alpha value is -1.63. The molecule has 1 aromatic rings. The maximum atomic E-state index is 12.0. The molecular formula is C12H20N6O. The second-order valence-electron chi connectivity index (χ2n) is 5.67. The molecule has 0 aromatic carbocycles. The topological polar surface area (TPSA) is 89.1 Å². The maximum Gasteiger partial charge on any atom is 0.317 e. The first-order valence-electron chi connectivity index (χ1n) is 6.73. The molecule has 1 aromatic heterocycles. The quantitative estimate of drug-likeness (QED) is 0.769. The fraction of sp³-hybridized carbons (Fsp3) is 0.750. The van der Waals surface area contributed by atoms with E-state index < -0.39 is 0 Å². The van der Waals surface area contributed by atoms with Crippen molar-refractivity contribution in [3.8, 4) is 0 Å². The molecule has 7 nitrogen and oxygen atoms in total. The summed E-state index contributed by atoms with van der Waals surface area (Å²) >= 11 is 0. The van der Waals surface area contributed by atoms with Crippen LogP contribution in [0.4, 0.5) is 4.79 Å². The molecule has 3 rings (SSSR count). The lowest BCUT2D eigenvalue weighted by Gasteiger charge is -2.39. The van der Waals surface area contributed by atoms with Gasteiger partial charge in [0.25, 0.3) is 0 Å². The Kier molecular flexibility index (Phi) is 2.93. The molecule has 2 atom stereocenters. The minimum atomic E-state index is -0.111. The molecule has 7 heteroatoms. The highest BCUT2D eigenvalue weighted by molar-refractivity contribution is 5.74. The van der Waals surface area contributed by atoms with E-state index >= 15 is 0 Å². The van der Waals surface area contributed by atoms with Crippen molar-refractivity contribution in [3.05, 3.63) is 12.2 Å². The van der Waals surface area contributed by atoms with Crippen molar-refractivity contribution in [3.63, 3.8) is 0 Å². The van der Waals surface area contributed by atoms with Crippen LogP contribution in [0.1, 0.15) is 18.7 Å². The van der Waals surface area contributed by atoms with Crippen LogP contribution in [0.3, 0.4) is 0 Å². The lowest BCUT2D eigenvalue weighted by molar-refractivity contribution is 0.187. The highest BCUT2D eigenvalue weighted by atomic mass is 16.2. The predicted octanol–water partition coefficient (Wildman–Crippen LogP) is -0.510. The number of hydrogen-bond donors (Lipinski definition) is 2. The molecule has 2 amide bonds. The number of likely N-dealkylation sites (tertiary alicyclic amines) is 1. The molecule has 2 fully saturated rings. The number of hydrogen-bond acceptors (Lipinski definition) is 4. The monoisotopic (exact) mass is 264 g/mol. The average molecular weight is 264 g/mol. The zero-order valence-corrected chi connectivity index (χ0v) is 11.2. The first kappa shape index (κ1) is 12.4. The van der Waals surface area contributed by atoms with Gasteiger partial charge in [0.1, 0.15) is 6.33 Å². The third-order valence-corrected chi connectivity index (χ3v) is 4.26. The summed E-state index contributed by atoms with van der Waals surface area (Å²) in [5, 5.41) is 7.08. The number of carbonyl (C=O) groups excluding carboxylic acids is 1. The first-order chi connectivity index (χ1) is 9.07. The summed E-state index contributed by atoms with van der Waals surface area (Å²) in [5.41, 5.74) is 6.10. The second-order valence-corrected chi connectivity index (χ2v) is 5.67. The Morgan fingerprint density at radius 3 is 3.05 bits per heavy atom. The standard InChI is InChI=1S/C12H20N6O/c1-17-8-15-10(16-17)3-5-14-11(19)18-6-9-2-4-12(9,13)7-18/h8-9H,2-7,13H2,1H3,(H,14,19)/t9-,12-/m0/s1. The van der Waals surface area contributed by atoms with Gasteiger partial charge in [-0.15, -0.1) is 0 Å². The van der Waals surface area contributed by atoms with Crippen molar-refractivity contribution in [2.75, 3.05) is 19.6 Å². The Balaban J connectivity index is 1.44. The number of urea groups is 1.